The highest BCUT2D eigenvalue weighted by molar-refractivity contribution is 7.99. The van der Waals surface area contributed by atoms with E-state index in [0.717, 1.165) is 51.6 Å². The largest absolute Gasteiger partial charge is 0.508 e. The number of thiocarbonyl (C=S) groups is 1. The van der Waals surface area contributed by atoms with Crippen LogP contribution in [0.4, 0.5) is 17.3 Å². The van der Waals surface area contributed by atoms with Crippen LogP contribution in [0.2, 0.25) is 0 Å². The van der Waals surface area contributed by atoms with Gasteiger partial charge >= 0.3 is 5.97 Å². The highest BCUT2D eigenvalue weighted by Gasteiger charge is 2.25. The van der Waals surface area contributed by atoms with Gasteiger partial charge in [-0.1, -0.05) is 43.4 Å². The van der Waals surface area contributed by atoms with Gasteiger partial charge in [-0.25, -0.2) is 34.7 Å². The van der Waals surface area contributed by atoms with Gasteiger partial charge in [0.25, 0.3) is 0 Å². The lowest BCUT2D eigenvalue weighted by atomic mass is 9.90. The second-order valence-corrected chi connectivity index (χ2v) is 22.1. The van der Waals surface area contributed by atoms with Crippen molar-refractivity contribution in [3.05, 3.63) is 119 Å². The number of nitrogen functional groups attached to an aromatic ring is 2. The second-order valence-electron chi connectivity index (χ2n) is 19.6. The third-order valence-electron chi connectivity index (χ3n) is 13.4. The van der Waals surface area contributed by atoms with Crippen LogP contribution >= 0.6 is 35.7 Å². The number of benzene rings is 5. The molecule has 0 bridgehead atoms. The van der Waals surface area contributed by atoms with Gasteiger partial charge in [0.15, 0.2) is 77.8 Å². The minimum Gasteiger partial charge on any atom is -0.508 e. The molecule has 0 radical (unpaired) electrons. The average Bonchev–Trinajstić information content (AvgIpc) is 4.15. The summed E-state index contributed by atoms with van der Waals surface area (Å²) in [4.78, 5) is 55.6. The molecular formula is C57H55N13O9S3. The maximum atomic E-state index is 12.8. The van der Waals surface area contributed by atoms with Crippen molar-refractivity contribution in [3.8, 4) is 51.2 Å². The molecule has 420 valence electrons. The van der Waals surface area contributed by atoms with Gasteiger partial charge in [-0.05, 0) is 124 Å². The summed E-state index contributed by atoms with van der Waals surface area (Å²) in [5.41, 5.74) is 16.8. The van der Waals surface area contributed by atoms with Crippen molar-refractivity contribution in [2.24, 2.45) is 0 Å². The molecule has 0 saturated carbocycles. The van der Waals surface area contributed by atoms with Crippen molar-refractivity contribution in [1.82, 2.24) is 49.3 Å². The Bertz CT molecular complexity index is 4100. The quantitative estimate of drug-likeness (QED) is 0.0281. The van der Waals surface area contributed by atoms with Crippen LogP contribution in [0.5, 0.6) is 28.7 Å². The molecule has 22 nitrogen and oxygen atoms in total. The van der Waals surface area contributed by atoms with Gasteiger partial charge in [0.2, 0.25) is 13.6 Å². The molecule has 0 unspecified atom stereocenters. The normalized spacial score (nSPS) is 12.5. The first kappa shape index (κ1) is 55.0. The van der Waals surface area contributed by atoms with Crippen LogP contribution in [0.3, 0.4) is 0 Å². The topological polar surface area (TPSA) is 291 Å². The number of nitrogens with zero attached hydrogens (tertiary/aromatic N) is 9. The molecule has 8 N–H and O–H groups in total. The number of hydrogen-bond donors (Lipinski definition) is 6. The molecule has 25 heteroatoms. The number of carboxylic acid groups (broad SMARTS) is 1. The highest BCUT2D eigenvalue weighted by atomic mass is 32.2. The van der Waals surface area contributed by atoms with Crippen molar-refractivity contribution in [2.45, 2.75) is 85.8 Å². The van der Waals surface area contributed by atoms with Crippen LogP contribution in [-0.2, 0) is 13.1 Å². The first-order valence-corrected chi connectivity index (χ1v) is 28.2. The van der Waals surface area contributed by atoms with Gasteiger partial charge in [0.1, 0.15) is 29.7 Å². The lowest BCUT2D eigenvalue weighted by molar-refractivity contribution is 0.0697. The number of rotatable bonds is 17. The molecule has 82 heavy (non-hydrogen) atoms. The van der Waals surface area contributed by atoms with E-state index in [9.17, 15) is 19.8 Å². The Balaban J connectivity index is 0.000000218. The molecule has 0 saturated heterocycles. The number of imidazole rings is 2. The summed E-state index contributed by atoms with van der Waals surface area (Å²) in [6.07, 6.45) is 4.52. The Hall–Kier alpha value is -8.91. The molecule has 4 aromatic heterocycles. The molecule has 7 heterocycles. The predicted molar refractivity (Wildman–Crippen MR) is 316 cm³/mol. The number of ether oxygens (including phenoxy) is 4. The number of phenolic OH excluding ortho intramolecular Hbond substituents is 1. The number of aryl methyl sites for hydroxylation is 2. The SMILES string of the molecule is CC(C)N(CCCn1c(Sc2ccc3c(c2)OCO3)nc2c(N)ncnc21)C(=S)Nc1ccc(-c2c3ccc(=O)cc-3oc3cc(O)ccc23)c(C(=O)O)c1.CC(C)NCCCn1c(Sc2ccc3c(c2)OCO3)nc2c(N)ncnc21. The van der Waals surface area contributed by atoms with Crippen molar-refractivity contribution in [3.63, 3.8) is 0 Å². The summed E-state index contributed by atoms with van der Waals surface area (Å²) in [6, 6.07) is 26.0. The number of anilines is 3. The number of hydrogen-bond acceptors (Lipinski definition) is 20. The second kappa shape index (κ2) is 23.7. The standard InChI is InChI=1S/C39H33N7O7S2.C18H22N6O2S/c1-20(2)45(12-3-13-46-36-34(35(40)41-18-42-36)44-39(46)55-24-7-11-29-32(17-24)52-19-51-29)38(54)43-21-4-8-25(28(14-21)37(49)50)33-26-9-5-22(47)15-30(26)53-31-16-23(48)6-10-27(31)33;1-11(2)20-6-3-7-24-17-15(16(19)21-9-22-17)23-18(24)27-12-4-5-13-14(8-12)26-10-25-13/h4-11,14-18,20,47H,3,12-13,19H2,1-2H3,(H,43,54)(H,49,50)(H2,40,41,42);4-5,8-9,11,20H,3,6-7,10H2,1-2H3,(H2,19,21,22). The van der Waals surface area contributed by atoms with E-state index in [1.807, 2.05) is 59.7 Å². The smallest absolute Gasteiger partial charge is 0.336 e. The molecule has 3 aliphatic heterocycles. The van der Waals surface area contributed by atoms with Crippen LogP contribution in [0.1, 0.15) is 50.9 Å². The van der Waals surface area contributed by atoms with E-state index in [1.54, 1.807) is 36.0 Å². The van der Waals surface area contributed by atoms with Crippen molar-refractivity contribution in [1.29, 1.82) is 0 Å². The first-order valence-electron chi connectivity index (χ1n) is 26.1. The van der Waals surface area contributed by atoms with E-state index in [2.05, 4.69) is 49.0 Å². The fourth-order valence-electron chi connectivity index (χ4n) is 9.50. The van der Waals surface area contributed by atoms with Crippen LogP contribution in [0.25, 0.3) is 55.7 Å². The van der Waals surface area contributed by atoms with Crippen molar-refractivity contribution >= 4 is 97.4 Å². The van der Waals surface area contributed by atoms with E-state index in [0.29, 0.717) is 103 Å². The summed E-state index contributed by atoms with van der Waals surface area (Å²) in [6.45, 7) is 11.6. The summed E-state index contributed by atoms with van der Waals surface area (Å²) >= 11 is 8.91. The van der Waals surface area contributed by atoms with E-state index >= 15 is 0 Å². The molecule has 4 aromatic carbocycles. The van der Waals surface area contributed by atoms with Crippen molar-refractivity contribution in [2.75, 3.05) is 43.5 Å². The van der Waals surface area contributed by atoms with E-state index in [4.69, 9.17) is 57.0 Å². The lowest BCUT2D eigenvalue weighted by Gasteiger charge is -2.30. The molecule has 0 atom stereocenters. The number of phenols is 1. The third-order valence-corrected chi connectivity index (χ3v) is 15.7. The molecular weight excluding hydrogens is 1110 g/mol. The van der Waals surface area contributed by atoms with Crippen LogP contribution < -0.4 is 46.5 Å². The Morgan fingerprint density at radius 1 is 0.732 bits per heavy atom. The lowest BCUT2D eigenvalue weighted by Crippen LogP contribution is -2.40. The zero-order chi connectivity index (χ0) is 57.2. The zero-order valence-corrected chi connectivity index (χ0v) is 47.2. The zero-order valence-electron chi connectivity index (χ0n) is 44.8. The number of carbonyl (C=O) groups is 1. The van der Waals surface area contributed by atoms with Crippen molar-refractivity contribution < 1.29 is 38.4 Å². The summed E-state index contributed by atoms with van der Waals surface area (Å²) in [7, 11) is 0. The summed E-state index contributed by atoms with van der Waals surface area (Å²) in [5, 5.41) is 29.8. The van der Waals surface area contributed by atoms with E-state index in [1.165, 1.54) is 54.7 Å². The maximum absolute atomic E-state index is 12.8. The monoisotopic (exact) mass is 1160 g/mol. The van der Waals surface area contributed by atoms with Gasteiger partial charge < -0.3 is 69.7 Å². The fraction of sp³-hybridized carbons (Fsp3) is 0.246. The molecule has 1 aliphatic carbocycles. The Labute approximate surface area is 482 Å². The fourth-order valence-corrected chi connectivity index (χ4v) is 11.8. The Morgan fingerprint density at radius 3 is 1.93 bits per heavy atom. The van der Waals surface area contributed by atoms with Crippen LogP contribution in [-0.4, -0.2) is 104 Å². The van der Waals surface area contributed by atoms with Gasteiger partial charge in [0, 0.05) is 75.8 Å². The highest BCUT2D eigenvalue weighted by Crippen LogP contribution is 2.44. The number of carboxylic acids is 1. The molecule has 0 fully saturated rings. The minimum absolute atomic E-state index is 0.00585. The van der Waals surface area contributed by atoms with Gasteiger partial charge in [0.05, 0.1) is 5.56 Å². The number of nitrogens with one attached hydrogen (secondary N) is 2. The molecule has 12 rings (SSSR count). The summed E-state index contributed by atoms with van der Waals surface area (Å²) < 4.78 is 32.0. The molecule has 8 aromatic rings. The van der Waals surface area contributed by atoms with E-state index in [-0.39, 0.29) is 47.9 Å². The molecule has 4 aliphatic rings. The van der Waals surface area contributed by atoms with Crippen LogP contribution in [0, 0.1) is 0 Å². The van der Waals surface area contributed by atoms with Crippen LogP contribution in [0.15, 0.2) is 133 Å². The minimum atomic E-state index is -1.15. The van der Waals surface area contributed by atoms with Gasteiger partial charge in [-0.3, -0.25) is 4.79 Å². The number of aromatic hydroxyl groups is 1. The predicted octanol–water partition coefficient (Wildman–Crippen LogP) is 9.74. The van der Waals surface area contributed by atoms with E-state index < -0.39 is 5.97 Å². The van der Waals surface area contributed by atoms with Gasteiger partial charge in [-0.2, -0.15) is 0 Å². The third kappa shape index (κ3) is 11.7. The average molecular weight is 1160 g/mol. The first-order chi connectivity index (χ1) is 39.6. The maximum Gasteiger partial charge on any atom is 0.336 e. The Kier molecular flexibility index (Phi) is 15.9. The number of aromatic nitrogens is 8. The summed E-state index contributed by atoms with van der Waals surface area (Å²) in [5.74, 6) is 2.65. The number of fused-ring (bicyclic) bond motifs is 6. The molecule has 0 spiro atoms. The van der Waals surface area contributed by atoms with Gasteiger partial charge in [-0.15, -0.1) is 0 Å². The Morgan fingerprint density at radius 2 is 1.33 bits per heavy atom. The molecule has 0 amide bonds. The number of aromatic carboxylic acids is 1. The number of nitrogens with two attached hydrogens (primary N) is 2.